The first-order valence-corrected chi connectivity index (χ1v) is 9.89. The van der Waals surface area contributed by atoms with Crippen molar-refractivity contribution in [1.29, 1.82) is 0 Å². The molecule has 2 aromatic rings. The number of rotatable bonds is 4. The average Bonchev–Trinajstić information content (AvgIpc) is 3.11. The summed E-state index contributed by atoms with van der Waals surface area (Å²) in [6.07, 6.45) is 3.51. The van der Waals surface area contributed by atoms with E-state index in [2.05, 4.69) is 24.3 Å². The highest BCUT2D eigenvalue weighted by Gasteiger charge is 2.38. The van der Waals surface area contributed by atoms with Crippen LogP contribution >= 0.6 is 0 Å². The van der Waals surface area contributed by atoms with E-state index >= 15 is 0 Å². The summed E-state index contributed by atoms with van der Waals surface area (Å²) in [6, 6.07) is 20.2. The van der Waals surface area contributed by atoms with Crippen LogP contribution in [0.1, 0.15) is 24.8 Å². The molecule has 0 unspecified atom stereocenters. The Morgan fingerprint density at radius 3 is 2.22 bits per heavy atom. The highest BCUT2D eigenvalue weighted by molar-refractivity contribution is 6.00. The summed E-state index contributed by atoms with van der Waals surface area (Å²) in [5, 5.41) is 0. The number of piperidine rings is 1. The van der Waals surface area contributed by atoms with Crippen molar-refractivity contribution < 1.29 is 9.59 Å². The monoisotopic (exact) mass is 362 g/mol. The summed E-state index contributed by atoms with van der Waals surface area (Å²) in [7, 11) is 0. The molecule has 2 fully saturated rings. The van der Waals surface area contributed by atoms with Crippen LogP contribution in [0.3, 0.4) is 0 Å². The van der Waals surface area contributed by atoms with Crippen molar-refractivity contribution in [3.63, 3.8) is 0 Å². The number of hydrogen-bond acceptors (Lipinski definition) is 2. The van der Waals surface area contributed by atoms with Crippen LogP contribution in [-0.4, -0.2) is 36.3 Å². The molecule has 2 heterocycles. The van der Waals surface area contributed by atoms with Crippen LogP contribution in [0.5, 0.6) is 0 Å². The van der Waals surface area contributed by atoms with Crippen molar-refractivity contribution in [1.82, 2.24) is 4.90 Å². The Labute approximate surface area is 160 Å². The minimum atomic E-state index is -0.205. The lowest BCUT2D eigenvalue weighted by Gasteiger charge is -2.33. The summed E-state index contributed by atoms with van der Waals surface area (Å²) in [5.74, 6) is 0.643. The summed E-state index contributed by atoms with van der Waals surface area (Å²) in [4.78, 5) is 29.1. The lowest BCUT2D eigenvalue weighted by atomic mass is 9.89. The number of anilines is 1. The maximum atomic E-state index is 12.9. The molecule has 2 aromatic carbocycles. The highest BCUT2D eigenvalue weighted by Crippen LogP contribution is 2.28. The van der Waals surface area contributed by atoms with Crippen LogP contribution in [0, 0.1) is 11.8 Å². The van der Waals surface area contributed by atoms with Gasteiger partial charge in [-0.05, 0) is 42.9 Å². The van der Waals surface area contributed by atoms with Crippen LogP contribution in [0.2, 0.25) is 0 Å². The lowest BCUT2D eigenvalue weighted by Crippen LogP contribution is -2.42. The molecule has 4 nitrogen and oxygen atoms in total. The van der Waals surface area contributed by atoms with Gasteiger partial charge in [0.05, 0.1) is 5.92 Å². The van der Waals surface area contributed by atoms with Crippen molar-refractivity contribution in [2.45, 2.75) is 25.7 Å². The van der Waals surface area contributed by atoms with Crippen LogP contribution in [0.25, 0.3) is 0 Å². The summed E-state index contributed by atoms with van der Waals surface area (Å²) in [6.45, 7) is 2.13. The van der Waals surface area contributed by atoms with E-state index in [-0.39, 0.29) is 17.7 Å². The summed E-state index contributed by atoms with van der Waals surface area (Å²) in [5.41, 5.74) is 2.27. The average molecular weight is 362 g/mol. The molecule has 2 aliphatic heterocycles. The van der Waals surface area contributed by atoms with Gasteiger partial charge in [0.1, 0.15) is 0 Å². The molecule has 0 bridgehead atoms. The Morgan fingerprint density at radius 2 is 1.56 bits per heavy atom. The minimum Gasteiger partial charge on any atom is -0.342 e. The van der Waals surface area contributed by atoms with Crippen LogP contribution in [0.4, 0.5) is 5.69 Å². The van der Waals surface area contributed by atoms with Crippen molar-refractivity contribution in [2.75, 3.05) is 24.5 Å². The summed E-state index contributed by atoms with van der Waals surface area (Å²) < 4.78 is 0. The lowest BCUT2D eigenvalue weighted by molar-refractivity contribution is -0.137. The Hall–Kier alpha value is -2.62. The number of carbonyl (C=O) groups excluding carboxylic acids is 2. The van der Waals surface area contributed by atoms with E-state index in [9.17, 15) is 9.59 Å². The molecule has 0 spiro atoms. The van der Waals surface area contributed by atoms with Gasteiger partial charge in [0, 0.05) is 31.7 Å². The topological polar surface area (TPSA) is 40.6 Å². The van der Waals surface area contributed by atoms with Crippen LogP contribution in [-0.2, 0) is 16.0 Å². The molecule has 140 valence electrons. The third-order valence-corrected chi connectivity index (χ3v) is 5.84. The van der Waals surface area contributed by atoms with E-state index in [1.54, 1.807) is 4.90 Å². The van der Waals surface area contributed by atoms with Crippen LogP contribution in [0.15, 0.2) is 60.7 Å². The fourth-order valence-corrected chi connectivity index (χ4v) is 4.29. The second-order valence-corrected chi connectivity index (χ2v) is 7.70. The minimum absolute atomic E-state index is 0.0542. The van der Waals surface area contributed by atoms with Crippen molar-refractivity contribution in [2.24, 2.45) is 11.8 Å². The first kappa shape index (κ1) is 17.8. The Morgan fingerprint density at radius 1 is 0.926 bits per heavy atom. The zero-order chi connectivity index (χ0) is 18.6. The molecule has 0 aromatic heterocycles. The quantitative estimate of drug-likeness (QED) is 0.835. The first-order valence-electron chi connectivity index (χ1n) is 9.89. The second kappa shape index (κ2) is 7.95. The standard InChI is InChI=1S/C23H26N2O2/c26-22-16-20(17-25(22)21-9-5-2-6-10-21)23(27)24-13-11-19(12-14-24)15-18-7-3-1-4-8-18/h1-10,19-20H,11-17H2/t20-/m1/s1. The van der Waals surface area contributed by atoms with E-state index in [0.29, 0.717) is 18.9 Å². The van der Waals surface area contributed by atoms with Gasteiger partial charge in [-0.3, -0.25) is 9.59 Å². The largest absolute Gasteiger partial charge is 0.342 e. The SMILES string of the molecule is O=C([C@@H]1CC(=O)N(c2ccccc2)C1)N1CCC(Cc2ccccc2)CC1. The van der Waals surface area contributed by atoms with Gasteiger partial charge in [-0.1, -0.05) is 48.5 Å². The van der Waals surface area contributed by atoms with Gasteiger partial charge in [-0.2, -0.15) is 0 Å². The highest BCUT2D eigenvalue weighted by atomic mass is 16.2. The number of para-hydroxylation sites is 1. The molecular formula is C23H26N2O2. The Bertz CT molecular complexity index is 783. The van der Waals surface area contributed by atoms with E-state index in [4.69, 9.17) is 0 Å². The van der Waals surface area contributed by atoms with Gasteiger partial charge in [-0.15, -0.1) is 0 Å². The molecule has 0 aliphatic carbocycles. The maximum absolute atomic E-state index is 12.9. The number of likely N-dealkylation sites (tertiary alicyclic amines) is 1. The van der Waals surface area contributed by atoms with Crippen LogP contribution < -0.4 is 4.90 Å². The fourth-order valence-electron chi connectivity index (χ4n) is 4.29. The van der Waals surface area contributed by atoms with E-state index < -0.39 is 0 Å². The number of benzene rings is 2. The number of nitrogens with zero attached hydrogens (tertiary/aromatic N) is 2. The molecule has 0 N–H and O–H groups in total. The number of carbonyl (C=O) groups is 2. The van der Waals surface area contributed by atoms with E-state index in [0.717, 1.165) is 38.0 Å². The third-order valence-electron chi connectivity index (χ3n) is 5.84. The smallest absolute Gasteiger partial charge is 0.228 e. The fraction of sp³-hybridized carbons (Fsp3) is 0.391. The summed E-state index contributed by atoms with van der Waals surface area (Å²) >= 11 is 0. The van der Waals surface area contributed by atoms with Gasteiger partial charge >= 0.3 is 0 Å². The molecule has 0 saturated carbocycles. The van der Waals surface area contributed by atoms with E-state index in [1.165, 1.54) is 5.56 Å². The van der Waals surface area contributed by atoms with Crippen molar-refractivity contribution >= 4 is 17.5 Å². The molecule has 4 heteroatoms. The maximum Gasteiger partial charge on any atom is 0.228 e. The molecule has 0 radical (unpaired) electrons. The van der Waals surface area contributed by atoms with Gasteiger partial charge in [-0.25, -0.2) is 0 Å². The molecule has 2 aliphatic rings. The molecular weight excluding hydrogens is 336 g/mol. The molecule has 4 rings (SSSR count). The van der Waals surface area contributed by atoms with Gasteiger partial charge in [0.15, 0.2) is 0 Å². The van der Waals surface area contributed by atoms with Gasteiger partial charge in [0.25, 0.3) is 0 Å². The first-order chi connectivity index (χ1) is 13.2. The van der Waals surface area contributed by atoms with Crippen molar-refractivity contribution in [3.05, 3.63) is 66.2 Å². The molecule has 1 atom stereocenters. The zero-order valence-corrected chi connectivity index (χ0v) is 15.6. The normalized spacial score (nSPS) is 20.9. The zero-order valence-electron chi connectivity index (χ0n) is 15.6. The van der Waals surface area contributed by atoms with E-state index in [1.807, 2.05) is 41.3 Å². The second-order valence-electron chi connectivity index (χ2n) is 7.70. The molecule has 2 saturated heterocycles. The van der Waals surface area contributed by atoms with Crippen molar-refractivity contribution in [3.8, 4) is 0 Å². The number of hydrogen-bond donors (Lipinski definition) is 0. The third kappa shape index (κ3) is 4.05. The molecule has 2 amide bonds. The molecule has 27 heavy (non-hydrogen) atoms. The Kier molecular flexibility index (Phi) is 5.23. The number of amides is 2. The van der Waals surface area contributed by atoms with Gasteiger partial charge < -0.3 is 9.80 Å². The Balaban J connectivity index is 1.31. The predicted octanol–water partition coefficient (Wildman–Crippen LogP) is 3.52. The van der Waals surface area contributed by atoms with Gasteiger partial charge in [0.2, 0.25) is 11.8 Å². The predicted molar refractivity (Wildman–Crippen MR) is 106 cm³/mol.